The van der Waals surface area contributed by atoms with Crippen LogP contribution < -0.4 is 5.43 Å². The molecule has 1 amide bonds. The van der Waals surface area contributed by atoms with Crippen molar-refractivity contribution >= 4 is 17.7 Å². The van der Waals surface area contributed by atoms with Crippen molar-refractivity contribution in [3.8, 4) is 0 Å². The van der Waals surface area contributed by atoms with E-state index in [9.17, 15) is 4.79 Å². The average Bonchev–Trinajstić information content (AvgIpc) is 3.02. The van der Waals surface area contributed by atoms with E-state index in [1.807, 2.05) is 16.5 Å². The Morgan fingerprint density at radius 3 is 2.56 bits per heavy atom. The number of nitrogens with zero attached hydrogens (tertiary/aromatic N) is 4. The Hall–Kier alpha value is -2.02. The molecule has 0 saturated carbocycles. The fourth-order valence-corrected chi connectivity index (χ4v) is 4.68. The van der Waals surface area contributed by atoms with Gasteiger partial charge in [0.1, 0.15) is 11.1 Å². The van der Waals surface area contributed by atoms with Gasteiger partial charge in [0.05, 0.1) is 6.04 Å². The monoisotopic (exact) mass is 357 g/mol. The number of hydrogen-bond acceptors (Lipinski definition) is 5. The molecule has 0 spiro atoms. The molecular formula is C18H23N5OS. The van der Waals surface area contributed by atoms with Gasteiger partial charge in [-0.05, 0) is 38.7 Å². The number of carbonyl (C=O) groups excluding carboxylic acids is 1. The van der Waals surface area contributed by atoms with E-state index >= 15 is 0 Å². The molecule has 2 aliphatic heterocycles. The summed E-state index contributed by atoms with van der Waals surface area (Å²) in [5.41, 5.74) is 5.81. The number of likely N-dealkylation sites (tertiary alicyclic amines) is 1. The molecule has 132 valence electrons. The summed E-state index contributed by atoms with van der Waals surface area (Å²) in [4.78, 5) is 15.2. The topological polar surface area (TPSA) is 63.1 Å². The van der Waals surface area contributed by atoms with E-state index in [1.54, 1.807) is 0 Å². The molecule has 0 radical (unpaired) electrons. The van der Waals surface area contributed by atoms with Crippen molar-refractivity contribution in [1.29, 1.82) is 0 Å². The van der Waals surface area contributed by atoms with Gasteiger partial charge in [-0.25, -0.2) is 4.68 Å². The lowest BCUT2D eigenvalue weighted by atomic mass is 10.0. The molecular weight excluding hydrogens is 334 g/mol. The van der Waals surface area contributed by atoms with Crippen LogP contribution in [0.15, 0.2) is 29.4 Å². The number of aryl methyl sites for hydroxylation is 2. The van der Waals surface area contributed by atoms with Crippen molar-refractivity contribution in [2.24, 2.45) is 0 Å². The Morgan fingerprint density at radius 2 is 1.84 bits per heavy atom. The molecule has 1 aromatic heterocycles. The zero-order valence-electron chi connectivity index (χ0n) is 14.6. The van der Waals surface area contributed by atoms with E-state index in [1.165, 1.54) is 23.7 Å². The number of rotatable bonds is 2. The van der Waals surface area contributed by atoms with Gasteiger partial charge in [-0.3, -0.25) is 4.79 Å². The largest absolute Gasteiger partial charge is 0.342 e. The Bertz CT molecular complexity index is 766. The summed E-state index contributed by atoms with van der Waals surface area (Å²) in [6.07, 6.45) is 3.41. The van der Waals surface area contributed by atoms with Crippen LogP contribution in [0.1, 0.15) is 42.3 Å². The highest BCUT2D eigenvalue weighted by molar-refractivity contribution is 8.00. The van der Waals surface area contributed by atoms with Gasteiger partial charge in [0.2, 0.25) is 11.1 Å². The third-order valence-electron chi connectivity index (χ3n) is 4.95. The second-order valence-corrected chi connectivity index (χ2v) is 7.92. The summed E-state index contributed by atoms with van der Waals surface area (Å²) in [5.74, 6) is 1.01. The predicted octanol–water partition coefficient (Wildman–Crippen LogP) is 2.67. The first kappa shape index (κ1) is 16.4. The van der Waals surface area contributed by atoms with Crippen molar-refractivity contribution in [2.75, 3.05) is 18.5 Å². The van der Waals surface area contributed by atoms with Gasteiger partial charge in [0.15, 0.2) is 0 Å². The fraction of sp³-hybridized carbons (Fsp3) is 0.500. The van der Waals surface area contributed by atoms with Gasteiger partial charge >= 0.3 is 0 Å². The summed E-state index contributed by atoms with van der Waals surface area (Å²) >= 11 is 1.52. The molecule has 2 aromatic rings. The first-order valence-electron chi connectivity index (χ1n) is 8.84. The molecule has 1 fully saturated rings. The number of fused-ring (bicyclic) bond motifs is 1. The van der Waals surface area contributed by atoms with Gasteiger partial charge in [0, 0.05) is 13.1 Å². The molecule has 0 unspecified atom stereocenters. The van der Waals surface area contributed by atoms with E-state index < -0.39 is 0 Å². The van der Waals surface area contributed by atoms with Crippen molar-refractivity contribution in [2.45, 2.75) is 49.6 Å². The maximum Gasteiger partial charge on any atom is 0.238 e. The molecule has 0 bridgehead atoms. The molecule has 4 rings (SSSR count). The van der Waals surface area contributed by atoms with E-state index in [-0.39, 0.29) is 17.2 Å². The van der Waals surface area contributed by atoms with Crippen LogP contribution in [0.25, 0.3) is 0 Å². The zero-order valence-corrected chi connectivity index (χ0v) is 15.4. The molecule has 6 nitrogen and oxygen atoms in total. The minimum atomic E-state index is -0.225. The van der Waals surface area contributed by atoms with Crippen LogP contribution in [0.3, 0.4) is 0 Å². The normalized spacial score (nSPS) is 23.0. The van der Waals surface area contributed by atoms with Crippen LogP contribution in [-0.2, 0) is 4.79 Å². The first-order valence-corrected chi connectivity index (χ1v) is 9.72. The van der Waals surface area contributed by atoms with Crippen molar-refractivity contribution in [3.63, 3.8) is 0 Å². The van der Waals surface area contributed by atoms with Gasteiger partial charge in [-0.15, -0.1) is 10.2 Å². The number of aromatic nitrogens is 3. The number of carbonyl (C=O) groups is 1. The molecule has 2 atom stereocenters. The predicted molar refractivity (Wildman–Crippen MR) is 98.1 cm³/mol. The van der Waals surface area contributed by atoms with E-state index in [0.717, 1.165) is 42.5 Å². The van der Waals surface area contributed by atoms with Gasteiger partial charge in [-0.1, -0.05) is 41.6 Å². The van der Waals surface area contributed by atoms with Crippen LogP contribution in [-0.4, -0.2) is 44.0 Å². The SMILES string of the molecule is Cc1ccc([C@H]2Nn3c(C)nnc3S[C@@H]2C(=O)N2CCCCC2)cc1. The van der Waals surface area contributed by atoms with E-state index in [0.29, 0.717) is 0 Å². The summed E-state index contributed by atoms with van der Waals surface area (Å²) in [6, 6.07) is 8.31. The third-order valence-corrected chi connectivity index (χ3v) is 6.15. The number of hydrogen-bond donors (Lipinski definition) is 1. The quantitative estimate of drug-likeness (QED) is 0.895. The molecule has 3 heterocycles. The second kappa shape index (κ2) is 6.71. The Morgan fingerprint density at radius 1 is 1.12 bits per heavy atom. The van der Waals surface area contributed by atoms with Gasteiger partial charge in [0.25, 0.3) is 0 Å². The second-order valence-electron chi connectivity index (χ2n) is 6.81. The number of thioether (sulfide) groups is 1. The van der Waals surface area contributed by atoms with Crippen molar-refractivity contribution in [1.82, 2.24) is 19.8 Å². The van der Waals surface area contributed by atoms with Crippen LogP contribution in [0, 0.1) is 13.8 Å². The summed E-state index contributed by atoms with van der Waals surface area (Å²) in [6.45, 7) is 5.72. The minimum absolute atomic E-state index is 0.0952. The van der Waals surface area contributed by atoms with Gasteiger partial charge < -0.3 is 10.3 Å². The standard InChI is InChI=1S/C18H23N5OS/c1-12-6-8-14(9-7-12)15-16(17(24)22-10-4-3-5-11-22)25-18-20-19-13(2)23(18)21-15/h6-9,15-16,21H,3-5,10-11H2,1-2H3/t15-,16+/m1/s1. The zero-order chi connectivity index (χ0) is 17.4. The highest BCUT2D eigenvalue weighted by Crippen LogP contribution is 2.38. The van der Waals surface area contributed by atoms with E-state index in [2.05, 4.69) is 46.8 Å². The Balaban J connectivity index is 1.68. The highest BCUT2D eigenvalue weighted by Gasteiger charge is 2.39. The maximum absolute atomic E-state index is 13.2. The smallest absolute Gasteiger partial charge is 0.238 e. The number of amides is 1. The molecule has 7 heteroatoms. The minimum Gasteiger partial charge on any atom is -0.342 e. The van der Waals surface area contributed by atoms with Crippen LogP contribution >= 0.6 is 11.8 Å². The molecule has 1 aromatic carbocycles. The summed E-state index contributed by atoms with van der Waals surface area (Å²) in [5, 5.41) is 8.91. The van der Waals surface area contributed by atoms with Crippen LogP contribution in [0.5, 0.6) is 0 Å². The lowest BCUT2D eigenvalue weighted by molar-refractivity contribution is -0.131. The number of nitrogens with one attached hydrogen (secondary N) is 1. The van der Waals surface area contributed by atoms with Crippen LogP contribution in [0.4, 0.5) is 0 Å². The van der Waals surface area contributed by atoms with Crippen LogP contribution in [0.2, 0.25) is 0 Å². The molecule has 2 aliphatic rings. The molecule has 0 aliphatic carbocycles. The number of piperidine rings is 1. The highest BCUT2D eigenvalue weighted by atomic mass is 32.2. The first-order chi connectivity index (χ1) is 12.1. The summed E-state index contributed by atoms with van der Waals surface area (Å²) in [7, 11) is 0. The maximum atomic E-state index is 13.2. The summed E-state index contributed by atoms with van der Waals surface area (Å²) < 4.78 is 1.90. The lowest BCUT2D eigenvalue weighted by Crippen LogP contribution is -2.47. The average molecular weight is 357 g/mol. The fourth-order valence-electron chi connectivity index (χ4n) is 3.47. The van der Waals surface area contributed by atoms with Crippen molar-refractivity contribution in [3.05, 3.63) is 41.2 Å². The van der Waals surface area contributed by atoms with E-state index in [4.69, 9.17) is 0 Å². The molecule has 1 saturated heterocycles. The lowest BCUT2D eigenvalue weighted by Gasteiger charge is -2.37. The van der Waals surface area contributed by atoms with Gasteiger partial charge in [-0.2, -0.15) is 0 Å². The van der Waals surface area contributed by atoms with Crippen molar-refractivity contribution < 1.29 is 4.79 Å². The Labute approximate surface area is 152 Å². The third kappa shape index (κ3) is 3.13. The molecule has 1 N–H and O–H groups in total. The Kier molecular flexibility index (Phi) is 4.41. The number of benzene rings is 1. The molecule has 25 heavy (non-hydrogen) atoms.